The van der Waals surface area contributed by atoms with Crippen molar-refractivity contribution < 1.29 is 19.0 Å². The fraction of sp³-hybridized carbons (Fsp3) is 0.462. The molecule has 0 saturated heterocycles. The molecule has 0 aliphatic rings. The van der Waals surface area contributed by atoms with E-state index >= 15 is 0 Å². The lowest BCUT2D eigenvalue weighted by Gasteiger charge is -2.25. The van der Waals surface area contributed by atoms with Crippen molar-refractivity contribution >= 4 is 6.09 Å². The Morgan fingerprint density at radius 3 is 2.16 bits per heavy atom. The Morgan fingerprint density at radius 2 is 1.74 bits per heavy atom. The van der Waals surface area contributed by atoms with E-state index in [1.165, 1.54) is 0 Å². The van der Waals surface area contributed by atoms with Crippen LogP contribution in [0.25, 0.3) is 0 Å². The van der Waals surface area contributed by atoms with Gasteiger partial charge in [0.1, 0.15) is 18.1 Å². The van der Waals surface area contributed by atoms with Crippen LogP contribution in [0.3, 0.4) is 0 Å². The highest BCUT2D eigenvalue weighted by Gasteiger charge is 2.24. The van der Waals surface area contributed by atoms with E-state index in [1.54, 1.807) is 20.3 Å². The highest BCUT2D eigenvalue weighted by Crippen LogP contribution is 2.31. The number of hydrogen-bond donors (Lipinski definition) is 2. The first-order valence-corrected chi connectivity index (χ1v) is 5.80. The fourth-order valence-corrected chi connectivity index (χ4v) is 1.57. The predicted molar refractivity (Wildman–Crippen MR) is 71.2 cm³/mol. The lowest BCUT2D eigenvalue weighted by Crippen LogP contribution is -2.35. The molecule has 0 saturated carbocycles. The summed E-state index contributed by atoms with van der Waals surface area (Å²) in [5.41, 5.74) is 2.47. The summed E-state index contributed by atoms with van der Waals surface area (Å²) < 4.78 is 15.4. The van der Waals surface area contributed by atoms with E-state index in [4.69, 9.17) is 20.1 Å². The molecule has 106 valence electrons. The quantitative estimate of drug-likeness (QED) is 0.481. The van der Waals surface area contributed by atoms with Crippen molar-refractivity contribution in [1.29, 1.82) is 0 Å². The zero-order valence-electron chi connectivity index (χ0n) is 11.6. The summed E-state index contributed by atoms with van der Waals surface area (Å²) in [6, 6.07) is 5.55. The first-order chi connectivity index (χ1) is 8.92. The number of carbonyl (C=O) groups excluding carboxylic acids is 1. The first-order valence-electron chi connectivity index (χ1n) is 5.80. The van der Waals surface area contributed by atoms with Crippen LogP contribution in [0.1, 0.15) is 19.4 Å². The van der Waals surface area contributed by atoms with E-state index in [0.29, 0.717) is 11.5 Å². The van der Waals surface area contributed by atoms with Gasteiger partial charge in [-0.3, -0.25) is 5.43 Å². The molecule has 1 aromatic rings. The van der Waals surface area contributed by atoms with Gasteiger partial charge in [0.15, 0.2) is 0 Å². The number of rotatable bonds is 5. The van der Waals surface area contributed by atoms with Gasteiger partial charge in [-0.2, -0.15) is 0 Å². The summed E-state index contributed by atoms with van der Waals surface area (Å²) in [4.78, 5) is 11.0. The summed E-state index contributed by atoms with van der Waals surface area (Å²) in [6.45, 7) is 4.09. The Labute approximate surface area is 112 Å². The first kappa shape index (κ1) is 15.1. The topological polar surface area (TPSA) is 82.8 Å². The monoisotopic (exact) mass is 268 g/mol. The molecule has 0 radical (unpaired) electrons. The fourth-order valence-electron chi connectivity index (χ4n) is 1.57. The number of ether oxygens (including phenoxy) is 3. The molecule has 0 aliphatic heterocycles. The second kappa shape index (κ2) is 6.29. The Bertz CT molecular complexity index is 424. The molecule has 0 fully saturated rings. The van der Waals surface area contributed by atoms with Gasteiger partial charge in [0.05, 0.1) is 14.2 Å². The molecule has 0 unspecified atom stereocenters. The second-order valence-corrected chi connectivity index (χ2v) is 4.71. The SMILES string of the molecule is COc1cc(OC)cc(C(C)(C)COC(=O)NN)c1. The lowest BCUT2D eigenvalue weighted by molar-refractivity contribution is 0.123. The van der Waals surface area contributed by atoms with E-state index in [2.05, 4.69) is 0 Å². The van der Waals surface area contributed by atoms with E-state index in [-0.39, 0.29) is 6.61 Å². The van der Waals surface area contributed by atoms with E-state index < -0.39 is 11.5 Å². The van der Waals surface area contributed by atoms with Crippen molar-refractivity contribution in [3.63, 3.8) is 0 Å². The van der Waals surface area contributed by atoms with Gasteiger partial charge < -0.3 is 14.2 Å². The molecule has 1 rings (SSSR count). The lowest BCUT2D eigenvalue weighted by atomic mass is 9.85. The summed E-state index contributed by atoms with van der Waals surface area (Å²) in [5.74, 6) is 6.34. The zero-order chi connectivity index (χ0) is 14.5. The highest BCUT2D eigenvalue weighted by atomic mass is 16.6. The molecule has 0 bridgehead atoms. The molecule has 1 amide bonds. The average Bonchev–Trinajstić information content (AvgIpc) is 2.43. The molecule has 6 heteroatoms. The van der Waals surface area contributed by atoms with Crippen LogP contribution >= 0.6 is 0 Å². The predicted octanol–water partition coefficient (Wildman–Crippen LogP) is 1.58. The third-order valence-corrected chi connectivity index (χ3v) is 2.81. The number of nitrogens with two attached hydrogens (primary N) is 1. The van der Waals surface area contributed by atoms with Crippen LogP contribution in [-0.4, -0.2) is 26.9 Å². The van der Waals surface area contributed by atoms with Crippen LogP contribution in [0.5, 0.6) is 11.5 Å². The molecule has 0 aromatic heterocycles. The van der Waals surface area contributed by atoms with Gasteiger partial charge in [-0.15, -0.1) is 0 Å². The van der Waals surface area contributed by atoms with Crippen LogP contribution < -0.4 is 20.7 Å². The van der Waals surface area contributed by atoms with Gasteiger partial charge in [-0.1, -0.05) is 13.8 Å². The maximum atomic E-state index is 11.0. The number of nitrogens with one attached hydrogen (secondary N) is 1. The Balaban J connectivity index is 2.95. The van der Waals surface area contributed by atoms with Gasteiger partial charge in [0.25, 0.3) is 0 Å². The molecule has 0 aliphatic carbocycles. The third-order valence-electron chi connectivity index (χ3n) is 2.81. The number of benzene rings is 1. The summed E-state index contributed by atoms with van der Waals surface area (Å²) >= 11 is 0. The number of amides is 1. The van der Waals surface area contributed by atoms with Crippen LogP contribution in [-0.2, 0) is 10.2 Å². The Kier molecular flexibility index (Phi) is 5.00. The minimum atomic E-state index is -0.664. The van der Waals surface area contributed by atoms with Crippen molar-refractivity contribution in [1.82, 2.24) is 5.43 Å². The molecule has 1 aromatic carbocycles. The van der Waals surface area contributed by atoms with Gasteiger partial charge in [0.2, 0.25) is 0 Å². The molecule has 0 heterocycles. The van der Waals surface area contributed by atoms with Gasteiger partial charge in [-0.05, 0) is 17.7 Å². The summed E-state index contributed by atoms with van der Waals surface area (Å²) in [5, 5.41) is 0. The number of hydrazine groups is 1. The van der Waals surface area contributed by atoms with Crippen LogP contribution in [0.4, 0.5) is 4.79 Å². The molecular weight excluding hydrogens is 248 g/mol. The maximum Gasteiger partial charge on any atom is 0.421 e. The highest BCUT2D eigenvalue weighted by molar-refractivity contribution is 5.66. The molecular formula is C13H20N2O4. The number of methoxy groups -OCH3 is 2. The van der Waals surface area contributed by atoms with Crippen LogP contribution in [0.2, 0.25) is 0 Å². The van der Waals surface area contributed by atoms with Crippen molar-refractivity contribution in [2.75, 3.05) is 20.8 Å². The Hall–Kier alpha value is -1.95. The van der Waals surface area contributed by atoms with Gasteiger partial charge >= 0.3 is 6.09 Å². The van der Waals surface area contributed by atoms with Crippen molar-refractivity contribution in [2.45, 2.75) is 19.3 Å². The van der Waals surface area contributed by atoms with Crippen LogP contribution in [0.15, 0.2) is 18.2 Å². The van der Waals surface area contributed by atoms with E-state index in [0.717, 1.165) is 5.56 Å². The molecule has 6 nitrogen and oxygen atoms in total. The minimum Gasteiger partial charge on any atom is -0.497 e. The molecule has 3 N–H and O–H groups in total. The zero-order valence-corrected chi connectivity index (χ0v) is 11.6. The number of carbonyl (C=O) groups is 1. The number of hydrogen-bond acceptors (Lipinski definition) is 5. The van der Waals surface area contributed by atoms with E-state index in [1.807, 2.05) is 31.4 Å². The Morgan fingerprint density at radius 1 is 1.21 bits per heavy atom. The third kappa shape index (κ3) is 4.03. The minimum absolute atomic E-state index is 0.187. The average molecular weight is 268 g/mol. The van der Waals surface area contributed by atoms with Crippen molar-refractivity contribution in [3.05, 3.63) is 23.8 Å². The van der Waals surface area contributed by atoms with Crippen LogP contribution in [0, 0.1) is 0 Å². The van der Waals surface area contributed by atoms with E-state index in [9.17, 15) is 4.79 Å². The molecule has 0 spiro atoms. The second-order valence-electron chi connectivity index (χ2n) is 4.71. The molecule has 19 heavy (non-hydrogen) atoms. The van der Waals surface area contributed by atoms with Crippen molar-refractivity contribution in [3.8, 4) is 11.5 Å². The normalized spacial score (nSPS) is 10.8. The molecule has 0 atom stereocenters. The largest absolute Gasteiger partial charge is 0.497 e. The standard InChI is InChI=1S/C13H20N2O4/c1-13(2,8-19-12(16)15-14)9-5-10(17-3)7-11(6-9)18-4/h5-7H,8,14H2,1-4H3,(H,15,16). The maximum absolute atomic E-state index is 11.0. The van der Waals surface area contributed by atoms with Crippen molar-refractivity contribution in [2.24, 2.45) is 5.84 Å². The van der Waals surface area contributed by atoms with Gasteiger partial charge in [-0.25, -0.2) is 10.6 Å². The smallest absolute Gasteiger partial charge is 0.421 e. The van der Waals surface area contributed by atoms with Gasteiger partial charge in [0, 0.05) is 11.5 Å². The summed E-state index contributed by atoms with van der Waals surface area (Å²) in [7, 11) is 3.17. The summed E-state index contributed by atoms with van der Waals surface area (Å²) in [6.07, 6.45) is -0.664.